The van der Waals surface area contributed by atoms with Crippen molar-refractivity contribution >= 4 is 22.9 Å². The van der Waals surface area contributed by atoms with Crippen LogP contribution in [-0.4, -0.2) is 9.48 Å². The van der Waals surface area contributed by atoms with Gasteiger partial charge in [-0.05, 0) is 25.0 Å². The number of aromatic nitrogens is 1. The van der Waals surface area contributed by atoms with Gasteiger partial charge in [0.2, 0.25) is 0 Å². The van der Waals surface area contributed by atoms with Crippen LogP contribution in [0.2, 0.25) is 0 Å². The Bertz CT molecular complexity index is 560. The van der Waals surface area contributed by atoms with Gasteiger partial charge in [0.1, 0.15) is 0 Å². The van der Waals surface area contributed by atoms with Crippen LogP contribution in [0.15, 0.2) is 30.3 Å². The van der Waals surface area contributed by atoms with Gasteiger partial charge in [-0.3, -0.25) is 3.97 Å². The number of aryl methyl sites for hydroxylation is 1. The predicted molar refractivity (Wildman–Crippen MR) is 78.8 cm³/mol. The van der Waals surface area contributed by atoms with Crippen molar-refractivity contribution in [1.29, 1.82) is 0 Å². The Balaban J connectivity index is 2.24. The Labute approximate surface area is 121 Å². The molecule has 0 unspecified atom stereocenters. The van der Waals surface area contributed by atoms with E-state index < -0.39 is 5.51 Å². The molecule has 0 bridgehead atoms. The maximum Gasteiger partial charge on any atom is 0.462 e. The monoisotopic (exact) mass is 301 g/mol. The topological polar surface area (TPSA) is 4.93 Å². The lowest BCUT2D eigenvalue weighted by molar-refractivity contribution is -0.0334. The predicted octanol–water partition coefficient (Wildman–Crippen LogP) is 5.78. The van der Waals surface area contributed by atoms with Gasteiger partial charge in [0.05, 0.1) is 17.5 Å². The van der Waals surface area contributed by atoms with E-state index in [1.54, 1.807) is 12.1 Å². The third-order valence-corrected chi connectivity index (χ3v) is 4.04. The van der Waals surface area contributed by atoms with Crippen molar-refractivity contribution in [2.75, 3.05) is 0 Å². The van der Waals surface area contributed by atoms with E-state index in [1.165, 1.54) is 3.97 Å². The van der Waals surface area contributed by atoms with E-state index in [2.05, 4.69) is 6.92 Å². The Kier molecular flexibility index (Phi) is 5.02. The summed E-state index contributed by atoms with van der Waals surface area (Å²) in [7, 11) is 0. The van der Waals surface area contributed by atoms with Gasteiger partial charge in [-0.1, -0.05) is 44.4 Å². The molecule has 1 aromatic heterocycles. The summed E-state index contributed by atoms with van der Waals surface area (Å²) >= 11 is -0.0560. The van der Waals surface area contributed by atoms with Crippen molar-refractivity contribution in [3.05, 3.63) is 36.0 Å². The van der Waals surface area contributed by atoms with E-state index in [0.29, 0.717) is 11.9 Å². The number of nitrogens with zero attached hydrogens (tertiary/aromatic N) is 1. The largest absolute Gasteiger partial charge is 0.462 e. The van der Waals surface area contributed by atoms with Gasteiger partial charge >= 0.3 is 5.51 Å². The summed E-state index contributed by atoms with van der Waals surface area (Å²) in [5.41, 5.74) is -2.87. The number of alkyl halides is 3. The molecule has 0 atom stereocenters. The molecule has 1 heterocycles. The van der Waals surface area contributed by atoms with Crippen LogP contribution in [-0.2, 0) is 6.42 Å². The minimum atomic E-state index is -4.26. The second-order valence-corrected chi connectivity index (χ2v) is 5.85. The van der Waals surface area contributed by atoms with Crippen LogP contribution in [0.25, 0.3) is 10.9 Å². The molecule has 5 heteroatoms. The van der Waals surface area contributed by atoms with Crippen molar-refractivity contribution in [2.24, 2.45) is 0 Å². The fraction of sp³-hybridized carbons (Fsp3) is 0.467. The van der Waals surface area contributed by atoms with Crippen LogP contribution in [0.3, 0.4) is 0 Å². The van der Waals surface area contributed by atoms with E-state index >= 15 is 0 Å². The minimum Gasteiger partial charge on any atom is -0.281 e. The lowest BCUT2D eigenvalue weighted by Crippen LogP contribution is -2.07. The standard InChI is InChI=1S/C15H18F3NS/c1-2-3-4-5-9-13-11-12-8-6-7-10-14(12)19(13)20-15(16,17)18/h6-8,10-11H,2-5,9H2,1H3. The van der Waals surface area contributed by atoms with Gasteiger partial charge in [-0.2, -0.15) is 13.2 Å². The zero-order valence-electron chi connectivity index (χ0n) is 11.4. The van der Waals surface area contributed by atoms with Gasteiger partial charge in [0.25, 0.3) is 0 Å². The Morgan fingerprint density at radius 3 is 2.55 bits per heavy atom. The van der Waals surface area contributed by atoms with Crippen molar-refractivity contribution in [1.82, 2.24) is 3.97 Å². The van der Waals surface area contributed by atoms with Crippen LogP contribution < -0.4 is 0 Å². The van der Waals surface area contributed by atoms with E-state index in [-0.39, 0.29) is 11.9 Å². The summed E-state index contributed by atoms with van der Waals surface area (Å²) in [5, 5.41) is 0.870. The summed E-state index contributed by atoms with van der Waals surface area (Å²) in [6.45, 7) is 2.12. The Hall–Kier alpha value is -1.10. The molecule has 0 saturated carbocycles. The van der Waals surface area contributed by atoms with Gasteiger partial charge in [0, 0.05) is 11.1 Å². The number of benzene rings is 1. The highest BCUT2D eigenvalue weighted by Gasteiger charge is 2.31. The van der Waals surface area contributed by atoms with Crippen molar-refractivity contribution in [3.8, 4) is 0 Å². The third-order valence-electron chi connectivity index (χ3n) is 3.22. The molecule has 0 radical (unpaired) electrons. The SMILES string of the molecule is CCCCCCc1cc2ccccc2n1SC(F)(F)F. The zero-order valence-corrected chi connectivity index (χ0v) is 12.2. The van der Waals surface area contributed by atoms with E-state index in [4.69, 9.17) is 0 Å². The molecule has 0 amide bonds. The second kappa shape index (κ2) is 6.57. The molecule has 0 aliphatic carbocycles. The summed E-state index contributed by atoms with van der Waals surface area (Å²) in [4.78, 5) is 0. The van der Waals surface area contributed by atoms with Crippen molar-refractivity contribution in [2.45, 2.75) is 44.5 Å². The normalized spacial score (nSPS) is 12.2. The molecule has 2 rings (SSSR count). The minimum absolute atomic E-state index is 0.0560. The van der Waals surface area contributed by atoms with Gasteiger partial charge in [-0.15, -0.1) is 0 Å². The number of rotatable bonds is 6. The summed E-state index contributed by atoms with van der Waals surface area (Å²) < 4.78 is 39.5. The van der Waals surface area contributed by atoms with Crippen LogP contribution >= 0.6 is 11.9 Å². The lowest BCUT2D eigenvalue weighted by Gasteiger charge is -2.11. The van der Waals surface area contributed by atoms with Crippen LogP contribution in [0, 0.1) is 0 Å². The Morgan fingerprint density at radius 1 is 1.10 bits per heavy atom. The highest BCUT2D eigenvalue weighted by molar-refractivity contribution is 7.98. The lowest BCUT2D eigenvalue weighted by atomic mass is 10.1. The number of halogens is 3. The molecular formula is C15H18F3NS. The zero-order chi connectivity index (χ0) is 14.6. The maximum atomic E-state index is 12.7. The molecule has 1 aromatic carbocycles. The molecule has 20 heavy (non-hydrogen) atoms. The average Bonchev–Trinajstić information content (AvgIpc) is 2.71. The van der Waals surface area contributed by atoms with Gasteiger partial charge < -0.3 is 0 Å². The summed E-state index contributed by atoms with van der Waals surface area (Å²) in [6.07, 6.45) is 4.95. The van der Waals surface area contributed by atoms with Crippen LogP contribution in [0.1, 0.15) is 38.3 Å². The summed E-state index contributed by atoms with van der Waals surface area (Å²) in [6, 6.07) is 9.10. The number of unbranched alkanes of at least 4 members (excludes halogenated alkanes) is 3. The van der Waals surface area contributed by atoms with E-state index in [9.17, 15) is 13.2 Å². The highest BCUT2D eigenvalue weighted by atomic mass is 32.2. The van der Waals surface area contributed by atoms with E-state index in [1.807, 2.05) is 18.2 Å². The molecule has 110 valence electrons. The first-order valence-electron chi connectivity index (χ1n) is 6.87. The first-order chi connectivity index (χ1) is 9.51. The number of hydrogen-bond acceptors (Lipinski definition) is 1. The third kappa shape index (κ3) is 3.95. The quantitative estimate of drug-likeness (QED) is 0.612. The molecule has 0 N–H and O–H groups in total. The number of para-hydroxylation sites is 1. The fourth-order valence-electron chi connectivity index (χ4n) is 2.31. The van der Waals surface area contributed by atoms with Crippen LogP contribution in [0.4, 0.5) is 13.2 Å². The molecule has 0 spiro atoms. The van der Waals surface area contributed by atoms with Crippen LogP contribution in [0.5, 0.6) is 0 Å². The van der Waals surface area contributed by atoms with Gasteiger partial charge in [-0.25, -0.2) is 0 Å². The molecular weight excluding hydrogens is 283 g/mol. The molecule has 2 aromatic rings. The first-order valence-corrected chi connectivity index (χ1v) is 7.64. The van der Waals surface area contributed by atoms with Crippen molar-refractivity contribution < 1.29 is 13.2 Å². The molecule has 0 aliphatic rings. The fourth-order valence-corrected chi connectivity index (χ4v) is 3.04. The van der Waals surface area contributed by atoms with E-state index in [0.717, 1.165) is 36.8 Å². The Morgan fingerprint density at radius 2 is 1.85 bits per heavy atom. The maximum absolute atomic E-state index is 12.7. The summed E-state index contributed by atoms with van der Waals surface area (Å²) in [5.74, 6) is 0. The average molecular weight is 301 g/mol. The second-order valence-electron chi connectivity index (χ2n) is 4.84. The molecule has 0 fully saturated rings. The van der Waals surface area contributed by atoms with Crippen molar-refractivity contribution in [3.63, 3.8) is 0 Å². The smallest absolute Gasteiger partial charge is 0.281 e. The molecule has 1 nitrogen and oxygen atoms in total. The number of hydrogen-bond donors (Lipinski definition) is 0. The first kappa shape index (κ1) is 15.3. The number of fused-ring (bicyclic) bond motifs is 1. The van der Waals surface area contributed by atoms with Gasteiger partial charge in [0.15, 0.2) is 0 Å². The highest BCUT2D eigenvalue weighted by Crippen LogP contribution is 2.36. The molecule has 0 aliphatic heterocycles. The molecule has 0 saturated heterocycles.